The van der Waals surface area contributed by atoms with Gasteiger partial charge in [-0.25, -0.2) is 4.98 Å². The fourth-order valence-electron chi connectivity index (χ4n) is 3.64. The molecule has 1 unspecified atom stereocenters. The van der Waals surface area contributed by atoms with Gasteiger partial charge in [0.1, 0.15) is 5.82 Å². The first-order valence-corrected chi connectivity index (χ1v) is 11.7. The average molecular weight is 474 g/mol. The van der Waals surface area contributed by atoms with Gasteiger partial charge in [-0.15, -0.1) is 10.2 Å². The van der Waals surface area contributed by atoms with Gasteiger partial charge >= 0.3 is 0 Å². The Morgan fingerprint density at radius 1 is 0.970 bits per heavy atom. The Hall–Kier alpha value is -3.42. The zero-order valence-electron chi connectivity index (χ0n) is 17.8. The third-order valence-electron chi connectivity index (χ3n) is 5.31. The van der Waals surface area contributed by atoms with Crippen LogP contribution in [0.3, 0.4) is 0 Å². The van der Waals surface area contributed by atoms with E-state index in [-0.39, 0.29) is 10.8 Å². The minimum atomic E-state index is -0.153. The lowest BCUT2D eigenvalue weighted by atomic mass is 10.2. The van der Waals surface area contributed by atoms with Crippen molar-refractivity contribution in [1.82, 2.24) is 24.7 Å². The van der Waals surface area contributed by atoms with Crippen molar-refractivity contribution in [2.75, 3.05) is 0 Å². The summed E-state index contributed by atoms with van der Waals surface area (Å²) in [5.74, 6) is 1.29. The molecule has 1 atom stereocenters. The van der Waals surface area contributed by atoms with Crippen LogP contribution in [0, 0.1) is 0 Å². The van der Waals surface area contributed by atoms with E-state index < -0.39 is 0 Å². The fraction of sp³-hybridized carbons (Fsp3) is 0.120. The van der Waals surface area contributed by atoms with Crippen molar-refractivity contribution in [3.8, 4) is 11.4 Å². The number of H-pyrrole nitrogens is 1. The van der Waals surface area contributed by atoms with Crippen LogP contribution in [0.15, 0.2) is 88.8 Å². The number of aromatic amines is 1. The Morgan fingerprint density at radius 2 is 1.70 bits per heavy atom. The lowest BCUT2D eigenvalue weighted by Crippen LogP contribution is -2.13. The average Bonchev–Trinajstić information content (AvgIpc) is 3.21. The fourth-order valence-corrected chi connectivity index (χ4v) is 4.76. The van der Waals surface area contributed by atoms with Crippen LogP contribution in [-0.2, 0) is 6.54 Å². The van der Waals surface area contributed by atoms with E-state index in [4.69, 9.17) is 11.6 Å². The van der Waals surface area contributed by atoms with Gasteiger partial charge < -0.3 is 4.98 Å². The van der Waals surface area contributed by atoms with Gasteiger partial charge in [-0.05, 0) is 36.8 Å². The predicted molar refractivity (Wildman–Crippen MR) is 133 cm³/mol. The summed E-state index contributed by atoms with van der Waals surface area (Å²) < 4.78 is 2.05. The summed E-state index contributed by atoms with van der Waals surface area (Å²) in [6.45, 7) is 2.58. The SMILES string of the molecule is CC(Sc1nnc(-c2ccccc2Cl)n1Cc1ccccc1)c1nc2ccccc2c(=O)[nH]1. The number of nitrogens with one attached hydrogen (secondary N) is 1. The molecule has 0 saturated heterocycles. The molecule has 1 N–H and O–H groups in total. The summed E-state index contributed by atoms with van der Waals surface area (Å²) in [4.78, 5) is 20.1. The number of nitrogens with zero attached hydrogens (tertiary/aromatic N) is 4. The van der Waals surface area contributed by atoms with Crippen LogP contribution in [0.25, 0.3) is 22.3 Å². The van der Waals surface area contributed by atoms with E-state index in [0.29, 0.717) is 34.1 Å². The first-order chi connectivity index (χ1) is 16.1. The molecule has 0 bridgehead atoms. The Bertz CT molecular complexity index is 1480. The van der Waals surface area contributed by atoms with Gasteiger partial charge in [-0.1, -0.05) is 78.0 Å². The lowest BCUT2D eigenvalue weighted by molar-refractivity contribution is 0.711. The third-order valence-corrected chi connectivity index (χ3v) is 6.73. The highest BCUT2D eigenvalue weighted by atomic mass is 35.5. The van der Waals surface area contributed by atoms with Gasteiger partial charge in [0.2, 0.25) is 0 Å². The molecule has 0 aliphatic rings. The second-order valence-corrected chi connectivity index (χ2v) is 9.30. The maximum absolute atomic E-state index is 12.5. The van der Waals surface area contributed by atoms with Crippen molar-refractivity contribution in [2.24, 2.45) is 0 Å². The van der Waals surface area contributed by atoms with Gasteiger partial charge in [-0.2, -0.15) is 0 Å². The largest absolute Gasteiger partial charge is 0.309 e. The molecule has 164 valence electrons. The van der Waals surface area contributed by atoms with E-state index in [2.05, 4.69) is 36.9 Å². The molecule has 3 aromatic carbocycles. The minimum absolute atomic E-state index is 0.148. The second kappa shape index (κ2) is 9.21. The summed E-state index contributed by atoms with van der Waals surface area (Å²) in [5, 5.41) is 10.7. The van der Waals surface area contributed by atoms with Crippen LogP contribution in [0.5, 0.6) is 0 Å². The molecule has 0 aliphatic heterocycles. The maximum atomic E-state index is 12.5. The number of rotatable bonds is 6. The number of aromatic nitrogens is 5. The lowest BCUT2D eigenvalue weighted by Gasteiger charge is -2.14. The van der Waals surface area contributed by atoms with Gasteiger partial charge in [0.15, 0.2) is 11.0 Å². The second-order valence-electron chi connectivity index (χ2n) is 7.59. The Balaban J connectivity index is 1.54. The number of para-hydroxylation sites is 1. The van der Waals surface area contributed by atoms with Gasteiger partial charge in [0, 0.05) is 5.56 Å². The van der Waals surface area contributed by atoms with Crippen LogP contribution in [0.1, 0.15) is 23.6 Å². The number of thioether (sulfide) groups is 1. The molecular weight excluding hydrogens is 454 g/mol. The molecule has 0 saturated carbocycles. The standard InChI is InChI=1S/C25H20ClN5OS/c1-16(22-27-21-14-8-6-12-19(21)24(32)28-22)33-25-30-29-23(18-11-5-7-13-20(18)26)31(25)15-17-9-3-2-4-10-17/h2-14,16H,15H2,1H3,(H,27,28,32). The molecule has 6 nitrogen and oxygen atoms in total. The van der Waals surface area contributed by atoms with Crippen LogP contribution >= 0.6 is 23.4 Å². The number of hydrogen-bond acceptors (Lipinski definition) is 5. The molecular formula is C25H20ClN5OS. The van der Waals surface area contributed by atoms with Crippen molar-refractivity contribution < 1.29 is 0 Å². The number of benzene rings is 3. The summed E-state index contributed by atoms with van der Waals surface area (Å²) in [6.07, 6.45) is 0. The summed E-state index contributed by atoms with van der Waals surface area (Å²) in [5.41, 5.74) is 2.47. The van der Waals surface area contributed by atoms with Crippen LogP contribution in [0.4, 0.5) is 0 Å². The quantitative estimate of drug-likeness (QED) is 0.318. The van der Waals surface area contributed by atoms with E-state index in [9.17, 15) is 4.79 Å². The van der Waals surface area contributed by atoms with E-state index in [1.54, 1.807) is 6.07 Å². The molecule has 0 amide bonds. The highest BCUT2D eigenvalue weighted by Crippen LogP contribution is 2.35. The zero-order valence-corrected chi connectivity index (χ0v) is 19.3. The predicted octanol–water partition coefficient (Wildman–Crippen LogP) is 5.74. The van der Waals surface area contributed by atoms with E-state index in [1.165, 1.54) is 11.8 Å². The molecule has 33 heavy (non-hydrogen) atoms. The maximum Gasteiger partial charge on any atom is 0.258 e. The van der Waals surface area contributed by atoms with E-state index in [0.717, 1.165) is 16.3 Å². The number of fused-ring (bicyclic) bond motifs is 1. The van der Waals surface area contributed by atoms with E-state index in [1.807, 2.05) is 67.6 Å². The topological polar surface area (TPSA) is 76.5 Å². The number of halogens is 1. The Labute approximate surface area is 199 Å². The first kappa shape index (κ1) is 21.4. The molecule has 0 radical (unpaired) electrons. The Morgan fingerprint density at radius 3 is 2.52 bits per heavy atom. The molecule has 5 rings (SSSR count). The van der Waals surface area contributed by atoms with Crippen molar-refractivity contribution in [1.29, 1.82) is 0 Å². The van der Waals surface area contributed by atoms with Crippen LogP contribution in [-0.4, -0.2) is 24.7 Å². The van der Waals surface area contributed by atoms with Crippen LogP contribution < -0.4 is 5.56 Å². The summed E-state index contributed by atoms with van der Waals surface area (Å²) >= 11 is 7.97. The van der Waals surface area contributed by atoms with Crippen LogP contribution in [0.2, 0.25) is 5.02 Å². The van der Waals surface area contributed by atoms with Gasteiger partial charge in [0.25, 0.3) is 5.56 Å². The smallest absolute Gasteiger partial charge is 0.258 e. The van der Waals surface area contributed by atoms with Gasteiger partial charge in [0.05, 0.1) is 27.7 Å². The molecule has 8 heteroatoms. The summed E-state index contributed by atoms with van der Waals surface area (Å²) in [7, 11) is 0. The van der Waals surface area contributed by atoms with Crippen molar-refractivity contribution in [3.63, 3.8) is 0 Å². The van der Waals surface area contributed by atoms with Crippen molar-refractivity contribution in [3.05, 3.63) is 106 Å². The molecule has 0 fully saturated rings. The summed E-state index contributed by atoms with van der Waals surface area (Å²) in [6, 6.07) is 25.1. The normalized spacial score (nSPS) is 12.2. The molecule has 2 aromatic heterocycles. The third kappa shape index (κ3) is 4.42. The highest BCUT2D eigenvalue weighted by Gasteiger charge is 2.21. The molecule has 2 heterocycles. The first-order valence-electron chi connectivity index (χ1n) is 10.5. The van der Waals surface area contributed by atoms with Crippen molar-refractivity contribution >= 4 is 34.3 Å². The molecule has 5 aromatic rings. The molecule has 0 spiro atoms. The van der Waals surface area contributed by atoms with E-state index >= 15 is 0 Å². The highest BCUT2D eigenvalue weighted by molar-refractivity contribution is 7.99. The minimum Gasteiger partial charge on any atom is -0.309 e. The molecule has 0 aliphatic carbocycles. The number of hydrogen-bond donors (Lipinski definition) is 1. The monoisotopic (exact) mass is 473 g/mol. The zero-order chi connectivity index (χ0) is 22.8. The van der Waals surface area contributed by atoms with Crippen molar-refractivity contribution in [2.45, 2.75) is 23.9 Å². The Kier molecular flexibility index (Phi) is 5.98. The van der Waals surface area contributed by atoms with Gasteiger partial charge in [-0.3, -0.25) is 9.36 Å².